The number of carbonyl (C=O) groups is 1. The lowest BCUT2D eigenvalue weighted by molar-refractivity contribution is -0.132. The second-order valence-corrected chi connectivity index (χ2v) is 3.51. The number of ether oxygens (including phenoxy) is 1. The molecule has 0 aromatic carbocycles. The zero-order chi connectivity index (χ0) is 11.8. The van der Waals surface area contributed by atoms with Gasteiger partial charge < -0.3 is 9.84 Å². The van der Waals surface area contributed by atoms with E-state index in [1.807, 2.05) is 20.8 Å². The molecule has 0 spiro atoms. The van der Waals surface area contributed by atoms with E-state index < -0.39 is 5.97 Å². The van der Waals surface area contributed by atoms with Crippen LogP contribution in [0, 0.1) is 17.2 Å². The molecule has 0 aliphatic heterocycles. The van der Waals surface area contributed by atoms with Gasteiger partial charge in [0.2, 0.25) is 0 Å². The molecular weight excluding hydrogens is 194 g/mol. The van der Waals surface area contributed by atoms with Gasteiger partial charge in [0.05, 0.1) is 6.61 Å². The number of nitriles is 1. The molecule has 0 aromatic heterocycles. The third-order valence-electron chi connectivity index (χ3n) is 1.85. The van der Waals surface area contributed by atoms with Gasteiger partial charge in [0.25, 0.3) is 0 Å². The van der Waals surface area contributed by atoms with E-state index >= 15 is 0 Å². The second-order valence-electron chi connectivity index (χ2n) is 3.51. The predicted molar refractivity (Wildman–Crippen MR) is 56.0 cm³/mol. The Morgan fingerprint density at radius 2 is 2.13 bits per heavy atom. The summed E-state index contributed by atoms with van der Waals surface area (Å²) in [5, 5.41) is 17.5. The first kappa shape index (κ1) is 13.5. The molecule has 15 heavy (non-hydrogen) atoms. The van der Waals surface area contributed by atoms with Gasteiger partial charge >= 0.3 is 5.97 Å². The number of hydrogen-bond donors (Lipinski definition) is 1. The van der Waals surface area contributed by atoms with E-state index in [1.54, 1.807) is 6.07 Å². The molecule has 84 valence electrons. The van der Waals surface area contributed by atoms with Gasteiger partial charge in [-0.2, -0.15) is 5.26 Å². The van der Waals surface area contributed by atoms with Gasteiger partial charge in [-0.3, -0.25) is 0 Å². The Balaban J connectivity index is 4.77. The first-order valence-electron chi connectivity index (χ1n) is 5.04. The molecule has 1 N–H and O–H groups in total. The van der Waals surface area contributed by atoms with Crippen LogP contribution < -0.4 is 0 Å². The third-order valence-corrected chi connectivity index (χ3v) is 1.85. The van der Waals surface area contributed by atoms with E-state index in [9.17, 15) is 4.79 Å². The van der Waals surface area contributed by atoms with E-state index in [2.05, 4.69) is 0 Å². The highest BCUT2D eigenvalue weighted by atomic mass is 16.5. The molecule has 0 bridgehead atoms. The number of carboxylic acids is 1. The van der Waals surface area contributed by atoms with Crippen molar-refractivity contribution >= 4 is 5.97 Å². The number of aliphatic carboxylic acids is 1. The molecule has 4 heteroatoms. The Kier molecular flexibility index (Phi) is 6.19. The maximum absolute atomic E-state index is 10.7. The molecule has 0 radical (unpaired) electrons. The van der Waals surface area contributed by atoms with Crippen LogP contribution in [0.5, 0.6) is 0 Å². The highest BCUT2D eigenvalue weighted by Crippen LogP contribution is 2.17. The first-order chi connectivity index (χ1) is 7.04. The summed E-state index contributed by atoms with van der Waals surface area (Å²) in [6.07, 6.45) is 1.83. The zero-order valence-electron chi connectivity index (χ0n) is 9.41. The monoisotopic (exact) mass is 211 g/mol. The summed E-state index contributed by atoms with van der Waals surface area (Å²) in [7, 11) is 0. The average Bonchev–Trinajstić information content (AvgIpc) is 2.16. The minimum atomic E-state index is -1.22. The fourth-order valence-corrected chi connectivity index (χ4v) is 1.06. The fourth-order valence-electron chi connectivity index (χ4n) is 1.06. The van der Waals surface area contributed by atoms with Crippen molar-refractivity contribution in [2.75, 3.05) is 6.61 Å². The van der Waals surface area contributed by atoms with Crippen LogP contribution in [0.2, 0.25) is 0 Å². The lowest BCUT2D eigenvalue weighted by Crippen LogP contribution is -2.10. The van der Waals surface area contributed by atoms with Gasteiger partial charge in [0.15, 0.2) is 5.57 Å². The molecule has 0 rings (SSSR count). The molecule has 0 fully saturated rings. The van der Waals surface area contributed by atoms with Crippen molar-refractivity contribution in [1.29, 1.82) is 5.26 Å². The Morgan fingerprint density at radius 3 is 2.47 bits per heavy atom. The van der Waals surface area contributed by atoms with E-state index in [0.717, 1.165) is 12.8 Å². The summed E-state index contributed by atoms with van der Waals surface area (Å²) in [6, 6.07) is 1.66. The molecule has 0 aliphatic carbocycles. The quantitative estimate of drug-likeness (QED) is 0.317. The normalized spacial score (nSPS) is 11.9. The molecule has 0 saturated heterocycles. The molecule has 0 aromatic rings. The highest BCUT2D eigenvalue weighted by Gasteiger charge is 2.18. The number of allylic oxidation sites excluding steroid dienone is 1. The molecular formula is C11H17NO3. The second kappa shape index (κ2) is 6.88. The summed E-state index contributed by atoms with van der Waals surface area (Å²) in [4.78, 5) is 10.7. The van der Waals surface area contributed by atoms with E-state index in [1.165, 1.54) is 0 Å². The van der Waals surface area contributed by atoms with Gasteiger partial charge in [0, 0.05) is 5.92 Å². The van der Waals surface area contributed by atoms with Crippen molar-refractivity contribution in [2.45, 2.75) is 33.6 Å². The van der Waals surface area contributed by atoms with Crippen molar-refractivity contribution in [1.82, 2.24) is 0 Å². The smallest absolute Gasteiger partial charge is 0.349 e. The van der Waals surface area contributed by atoms with Gasteiger partial charge in [-0.05, 0) is 6.42 Å². The zero-order valence-corrected chi connectivity index (χ0v) is 9.41. The first-order valence-corrected chi connectivity index (χ1v) is 5.04. The average molecular weight is 211 g/mol. The Morgan fingerprint density at radius 1 is 1.53 bits per heavy atom. The van der Waals surface area contributed by atoms with Crippen LogP contribution in [0.4, 0.5) is 0 Å². The Hall–Kier alpha value is -1.50. The van der Waals surface area contributed by atoms with Crippen LogP contribution in [-0.4, -0.2) is 17.7 Å². The van der Waals surface area contributed by atoms with Crippen molar-refractivity contribution in [3.8, 4) is 6.07 Å². The van der Waals surface area contributed by atoms with Crippen LogP contribution in [0.3, 0.4) is 0 Å². The maximum atomic E-state index is 10.7. The van der Waals surface area contributed by atoms with Gasteiger partial charge in [-0.1, -0.05) is 27.2 Å². The molecule has 0 unspecified atom stereocenters. The third kappa shape index (κ3) is 4.50. The summed E-state index contributed by atoms with van der Waals surface area (Å²) in [5.74, 6) is -1.04. The van der Waals surface area contributed by atoms with Crippen LogP contribution in [-0.2, 0) is 9.53 Å². The van der Waals surface area contributed by atoms with E-state index in [0.29, 0.717) is 6.61 Å². The molecule has 0 saturated carbocycles. The maximum Gasteiger partial charge on any atom is 0.349 e. The molecule has 0 amide bonds. The minimum absolute atomic E-state index is 0.0902. The largest absolute Gasteiger partial charge is 0.496 e. The lowest BCUT2D eigenvalue weighted by Gasteiger charge is -2.13. The number of rotatable bonds is 6. The Bertz CT molecular complexity index is 287. The summed E-state index contributed by atoms with van der Waals surface area (Å²) < 4.78 is 5.33. The summed E-state index contributed by atoms with van der Waals surface area (Å²) >= 11 is 0. The highest BCUT2D eigenvalue weighted by molar-refractivity contribution is 5.91. The molecule has 0 heterocycles. The minimum Gasteiger partial charge on any atom is -0.496 e. The fraction of sp³-hybridized carbons (Fsp3) is 0.636. The standard InChI is InChI=1S/C11H17NO3/c1-4-5-6-15-10(8(2)3)9(7-12)11(13)14/h8H,4-6H2,1-3H3,(H,13,14). The topological polar surface area (TPSA) is 70.3 Å². The predicted octanol–water partition coefficient (Wildman–Crippen LogP) is 2.32. The molecule has 4 nitrogen and oxygen atoms in total. The SMILES string of the molecule is CCCCOC(=C(C#N)C(=O)O)C(C)C. The lowest BCUT2D eigenvalue weighted by atomic mass is 10.1. The van der Waals surface area contributed by atoms with Crippen molar-refractivity contribution in [3.05, 3.63) is 11.3 Å². The van der Waals surface area contributed by atoms with Gasteiger partial charge in [0.1, 0.15) is 11.8 Å². The van der Waals surface area contributed by atoms with Crippen LogP contribution in [0.25, 0.3) is 0 Å². The number of carboxylic acid groups (broad SMARTS) is 1. The van der Waals surface area contributed by atoms with Crippen LogP contribution in [0.1, 0.15) is 33.6 Å². The molecule has 0 aliphatic rings. The number of nitrogens with zero attached hydrogens (tertiary/aromatic N) is 1. The summed E-state index contributed by atoms with van der Waals surface area (Å²) in [6.45, 7) is 6.09. The van der Waals surface area contributed by atoms with Gasteiger partial charge in [-0.15, -0.1) is 0 Å². The van der Waals surface area contributed by atoms with Crippen molar-refractivity contribution < 1.29 is 14.6 Å². The van der Waals surface area contributed by atoms with Crippen molar-refractivity contribution in [2.24, 2.45) is 5.92 Å². The molecule has 0 atom stereocenters. The summed E-state index contributed by atoms with van der Waals surface area (Å²) in [5.41, 5.74) is -0.291. The van der Waals surface area contributed by atoms with Crippen molar-refractivity contribution in [3.63, 3.8) is 0 Å². The van der Waals surface area contributed by atoms with E-state index in [4.69, 9.17) is 15.1 Å². The van der Waals surface area contributed by atoms with Gasteiger partial charge in [-0.25, -0.2) is 4.79 Å². The number of unbranched alkanes of at least 4 members (excludes halogenated alkanes) is 1. The van der Waals surface area contributed by atoms with Crippen LogP contribution in [0.15, 0.2) is 11.3 Å². The Labute approximate surface area is 90.2 Å². The van der Waals surface area contributed by atoms with E-state index in [-0.39, 0.29) is 17.3 Å². The number of hydrogen-bond acceptors (Lipinski definition) is 3. The van der Waals surface area contributed by atoms with Crippen LogP contribution >= 0.6 is 0 Å².